The van der Waals surface area contributed by atoms with Crippen molar-refractivity contribution < 1.29 is 0 Å². The zero-order valence-electron chi connectivity index (χ0n) is 11.6. The first-order chi connectivity index (χ1) is 8.58. The Labute approximate surface area is 109 Å². The SMILES string of the molecule is CCc1nn(C)c(CC)c1-c1ccc(N)cc1C. The average Bonchev–Trinajstić information content (AvgIpc) is 2.65. The van der Waals surface area contributed by atoms with Crippen molar-refractivity contribution in [1.82, 2.24) is 9.78 Å². The third-order valence-electron chi connectivity index (χ3n) is 3.43. The van der Waals surface area contributed by atoms with Crippen molar-refractivity contribution in [2.24, 2.45) is 7.05 Å². The summed E-state index contributed by atoms with van der Waals surface area (Å²) in [5, 5.41) is 4.63. The highest BCUT2D eigenvalue weighted by atomic mass is 15.3. The number of hydrogen-bond donors (Lipinski definition) is 1. The summed E-state index contributed by atoms with van der Waals surface area (Å²) in [6, 6.07) is 6.11. The molecule has 0 aliphatic rings. The summed E-state index contributed by atoms with van der Waals surface area (Å²) in [6.45, 7) is 6.43. The molecule has 1 aromatic heterocycles. The van der Waals surface area contributed by atoms with Gasteiger partial charge >= 0.3 is 0 Å². The molecule has 2 N–H and O–H groups in total. The molecule has 3 heteroatoms. The molecule has 0 saturated heterocycles. The molecule has 0 spiro atoms. The molecule has 1 aromatic carbocycles. The van der Waals surface area contributed by atoms with Crippen LogP contribution in [-0.4, -0.2) is 9.78 Å². The molecule has 0 amide bonds. The predicted molar refractivity (Wildman–Crippen MR) is 76.5 cm³/mol. The molecule has 18 heavy (non-hydrogen) atoms. The number of anilines is 1. The standard InChI is InChI=1S/C15H21N3/c1-5-13-15(14(6-2)18(4)17-13)12-8-7-11(16)9-10(12)3/h7-9H,5-6,16H2,1-4H3. The van der Waals surface area contributed by atoms with Gasteiger partial charge in [0, 0.05) is 24.0 Å². The topological polar surface area (TPSA) is 43.8 Å². The largest absolute Gasteiger partial charge is 0.399 e. The van der Waals surface area contributed by atoms with Crippen molar-refractivity contribution in [3.63, 3.8) is 0 Å². The van der Waals surface area contributed by atoms with Gasteiger partial charge < -0.3 is 5.73 Å². The molecular weight excluding hydrogens is 222 g/mol. The molecular formula is C15H21N3. The molecule has 96 valence electrons. The minimum atomic E-state index is 0.816. The minimum absolute atomic E-state index is 0.816. The summed E-state index contributed by atoms with van der Waals surface area (Å²) in [4.78, 5) is 0. The van der Waals surface area contributed by atoms with E-state index in [1.807, 2.05) is 23.9 Å². The van der Waals surface area contributed by atoms with Crippen LogP contribution in [0.2, 0.25) is 0 Å². The minimum Gasteiger partial charge on any atom is -0.399 e. The summed E-state index contributed by atoms with van der Waals surface area (Å²) < 4.78 is 2.00. The Balaban J connectivity index is 2.69. The predicted octanol–water partition coefficient (Wildman–Crippen LogP) is 3.10. The first-order valence-electron chi connectivity index (χ1n) is 6.49. The maximum atomic E-state index is 5.83. The molecule has 0 bridgehead atoms. The summed E-state index contributed by atoms with van der Waals surface area (Å²) >= 11 is 0. The summed E-state index contributed by atoms with van der Waals surface area (Å²) in [5.74, 6) is 0. The third kappa shape index (κ3) is 2.01. The van der Waals surface area contributed by atoms with Crippen LogP contribution in [0.1, 0.15) is 30.8 Å². The first kappa shape index (κ1) is 12.7. The lowest BCUT2D eigenvalue weighted by molar-refractivity contribution is 0.705. The van der Waals surface area contributed by atoms with E-state index >= 15 is 0 Å². The summed E-state index contributed by atoms with van der Waals surface area (Å²) in [5.41, 5.74) is 12.9. The number of benzene rings is 1. The molecule has 0 aliphatic heterocycles. The Bertz CT molecular complexity index is 567. The average molecular weight is 243 g/mol. The highest BCUT2D eigenvalue weighted by Crippen LogP contribution is 2.31. The summed E-state index contributed by atoms with van der Waals surface area (Å²) in [6.07, 6.45) is 1.94. The van der Waals surface area contributed by atoms with Gasteiger partial charge in [0.1, 0.15) is 0 Å². The second-order valence-corrected chi connectivity index (χ2v) is 4.67. The second kappa shape index (κ2) is 4.84. The molecule has 0 aliphatic carbocycles. The van der Waals surface area contributed by atoms with Gasteiger partial charge in [-0.1, -0.05) is 19.9 Å². The van der Waals surface area contributed by atoms with Crippen LogP contribution in [0.5, 0.6) is 0 Å². The van der Waals surface area contributed by atoms with E-state index in [4.69, 9.17) is 5.73 Å². The number of rotatable bonds is 3. The Morgan fingerprint density at radius 2 is 1.94 bits per heavy atom. The van der Waals surface area contributed by atoms with E-state index < -0.39 is 0 Å². The molecule has 3 nitrogen and oxygen atoms in total. The van der Waals surface area contributed by atoms with E-state index in [1.54, 1.807) is 0 Å². The number of nitrogens with two attached hydrogens (primary N) is 1. The lowest BCUT2D eigenvalue weighted by Crippen LogP contribution is -1.97. The lowest BCUT2D eigenvalue weighted by Gasteiger charge is -2.09. The summed E-state index contributed by atoms with van der Waals surface area (Å²) in [7, 11) is 2.02. The van der Waals surface area contributed by atoms with Crippen LogP contribution in [0.15, 0.2) is 18.2 Å². The van der Waals surface area contributed by atoms with Gasteiger partial charge in [0.2, 0.25) is 0 Å². The van der Waals surface area contributed by atoms with Gasteiger partial charge in [0.15, 0.2) is 0 Å². The molecule has 0 fully saturated rings. The van der Waals surface area contributed by atoms with Crippen LogP contribution in [0.4, 0.5) is 5.69 Å². The number of hydrogen-bond acceptors (Lipinski definition) is 2. The number of aromatic nitrogens is 2. The van der Waals surface area contributed by atoms with E-state index in [-0.39, 0.29) is 0 Å². The van der Waals surface area contributed by atoms with Crippen molar-refractivity contribution in [1.29, 1.82) is 0 Å². The van der Waals surface area contributed by atoms with Gasteiger partial charge in [-0.3, -0.25) is 4.68 Å². The second-order valence-electron chi connectivity index (χ2n) is 4.67. The van der Waals surface area contributed by atoms with Gasteiger partial charge in [0.05, 0.1) is 5.69 Å². The number of nitrogens with zero attached hydrogens (tertiary/aromatic N) is 2. The van der Waals surface area contributed by atoms with E-state index in [1.165, 1.54) is 28.1 Å². The van der Waals surface area contributed by atoms with Crippen LogP contribution in [0.25, 0.3) is 11.1 Å². The molecule has 0 unspecified atom stereocenters. The first-order valence-corrected chi connectivity index (χ1v) is 6.49. The molecule has 2 aromatic rings. The van der Waals surface area contributed by atoms with Crippen LogP contribution in [-0.2, 0) is 19.9 Å². The smallest absolute Gasteiger partial charge is 0.0703 e. The highest BCUT2D eigenvalue weighted by molar-refractivity contribution is 5.73. The highest BCUT2D eigenvalue weighted by Gasteiger charge is 2.16. The van der Waals surface area contributed by atoms with Gasteiger partial charge in [-0.25, -0.2) is 0 Å². The number of aryl methyl sites for hydroxylation is 3. The van der Waals surface area contributed by atoms with E-state index in [9.17, 15) is 0 Å². The zero-order valence-corrected chi connectivity index (χ0v) is 11.6. The van der Waals surface area contributed by atoms with E-state index in [0.29, 0.717) is 0 Å². The normalized spacial score (nSPS) is 10.9. The van der Waals surface area contributed by atoms with Crippen molar-refractivity contribution in [3.05, 3.63) is 35.2 Å². The Hall–Kier alpha value is -1.77. The maximum absolute atomic E-state index is 5.83. The Morgan fingerprint density at radius 1 is 1.22 bits per heavy atom. The molecule has 0 radical (unpaired) electrons. The van der Waals surface area contributed by atoms with E-state index in [0.717, 1.165) is 18.5 Å². The fourth-order valence-corrected chi connectivity index (χ4v) is 2.55. The molecule has 1 heterocycles. The van der Waals surface area contributed by atoms with Crippen LogP contribution >= 0.6 is 0 Å². The van der Waals surface area contributed by atoms with E-state index in [2.05, 4.69) is 31.9 Å². The lowest BCUT2D eigenvalue weighted by atomic mass is 9.96. The monoisotopic (exact) mass is 243 g/mol. The van der Waals surface area contributed by atoms with Crippen molar-refractivity contribution >= 4 is 5.69 Å². The molecule has 2 rings (SSSR count). The third-order valence-corrected chi connectivity index (χ3v) is 3.43. The van der Waals surface area contributed by atoms with Crippen molar-refractivity contribution in [2.45, 2.75) is 33.6 Å². The van der Waals surface area contributed by atoms with Gasteiger partial charge in [-0.15, -0.1) is 0 Å². The number of nitrogen functional groups attached to an aromatic ring is 1. The molecule has 0 atom stereocenters. The van der Waals surface area contributed by atoms with Crippen LogP contribution in [0, 0.1) is 6.92 Å². The van der Waals surface area contributed by atoms with Gasteiger partial charge in [-0.2, -0.15) is 5.10 Å². The Kier molecular flexibility index (Phi) is 3.41. The van der Waals surface area contributed by atoms with Gasteiger partial charge in [0.25, 0.3) is 0 Å². The fraction of sp³-hybridized carbons (Fsp3) is 0.400. The zero-order chi connectivity index (χ0) is 13.3. The van der Waals surface area contributed by atoms with Gasteiger partial charge in [-0.05, 0) is 43.0 Å². The Morgan fingerprint density at radius 3 is 2.50 bits per heavy atom. The van der Waals surface area contributed by atoms with Crippen LogP contribution in [0.3, 0.4) is 0 Å². The maximum Gasteiger partial charge on any atom is 0.0703 e. The fourth-order valence-electron chi connectivity index (χ4n) is 2.55. The van der Waals surface area contributed by atoms with Crippen molar-refractivity contribution in [2.75, 3.05) is 5.73 Å². The quantitative estimate of drug-likeness (QED) is 0.842. The van der Waals surface area contributed by atoms with Crippen LogP contribution < -0.4 is 5.73 Å². The van der Waals surface area contributed by atoms with Crippen molar-refractivity contribution in [3.8, 4) is 11.1 Å². The molecule has 0 saturated carbocycles.